The number of methoxy groups -OCH3 is 1. The molecule has 220 valence electrons. The van der Waals surface area contributed by atoms with Crippen LogP contribution in [0.3, 0.4) is 0 Å². The lowest BCUT2D eigenvalue weighted by molar-refractivity contribution is 0.0293. The van der Waals surface area contributed by atoms with Gasteiger partial charge in [0, 0.05) is 87.0 Å². The minimum atomic E-state index is -0.611. The Labute approximate surface area is 245 Å². The fraction of sp³-hybridized carbons (Fsp3) is 0.375. The molecule has 0 radical (unpaired) electrons. The summed E-state index contributed by atoms with van der Waals surface area (Å²) in [6.45, 7) is 8.75. The summed E-state index contributed by atoms with van der Waals surface area (Å²) in [4.78, 5) is 24.9. The smallest absolute Gasteiger partial charge is 0.256 e. The van der Waals surface area contributed by atoms with Crippen LogP contribution in [0.4, 0.5) is 10.1 Å². The molecule has 3 N–H and O–H groups in total. The Balaban J connectivity index is 1.20. The second-order valence-corrected chi connectivity index (χ2v) is 10.9. The number of nitrogens with two attached hydrogens (primary N) is 1. The number of fused-ring (bicyclic) bond motifs is 1. The summed E-state index contributed by atoms with van der Waals surface area (Å²) in [6.07, 6.45) is 3.67. The number of ether oxygens (including phenoxy) is 2. The minimum absolute atomic E-state index is 0.122. The first-order chi connectivity index (χ1) is 20.5. The maximum absolute atomic E-state index is 15.2. The molecule has 1 aromatic heterocycles. The van der Waals surface area contributed by atoms with Gasteiger partial charge in [-0.3, -0.25) is 19.6 Å². The maximum Gasteiger partial charge on any atom is 0.256 e. The van der Waals surface area contributed by atoms with E-state index in [4.69, 9.17) is 20.2 Å². The van der Waals surface area contributed by atoms with Crippen LogP contribution in [-0.2, 0) is 11.3 Å². The average molecular weight is 573 g/mol. The van der Waals surface area contributed by atoms with Gasteiger partial charge < -0.3 is 25.4 Å². The SMILES string of the molecule is COc1ccccc1C1=CNCc2ncc(-c3cc(F)c(N)c(C(=O)N4CCN(CCN5CCOCC5)CC4)c3)cc21. The van der Waals surface area contributed by atoms with Crippen molar-refractivity contribution >= 4 is 17.2 Å². The van der Waals surface area contributed by atoms with Crippen molar-refractivity contribution in [3.63, 3.8) is 0 Å². The van der Waals surface area contributed by atoms with Gasteiger partial charge >= 0.3 is 0 Å². The normalized spacial score (nSPS) is 17.8. The summed E-state index contributed by atoms with van der Waals surface area (Å²) in [6, 6.07) is 12.9. The third-order valence-electron chi connectivity index (χ3n) is 8.36. The van der Waals surface area contributed by atoms with Gasteiger partial charge in [0.25, 0.3) is 5.91 Å². The van der Waals surface area contributed by atoms with Crippen LogP contribution in [0.25, 0.3) is 16.7 Å². The van der Waals surface area contributed by atoms with Crippen molar-refractivity contribution < 1.29 is 18.7 Å². The van der Waals surface area contributed by atoms with Gasteiger partial charge in [0.1, 0.15) is 11.6 Å². The Bertz CT molecular complexity index is 1480. The molecule has 1 amide bonds. The zero-order chi connectivity index (χ0) is 29.1. The number of para-hydroxylation sites is 1. The number of aromatic nitrogens is 1. The first kappa shape index (κ1) is 28.1. The highest BCUT2D eigenvalue weighted by Gasteiger charge is 2.26. The second kappa shape index (κ2) is 12.5. The number of carbonyl (C=O) groups is 1. The Hall–Kier alpha value is -3.99. The van der Waals surface area contributed by atoms with Crippen LogP contribution >= 0.6 is 0 Å². The molecule has 10 heteroatoms. The first-order valence-electron chi connectivity index (χ1n) is 14.5. The number of amides is 1. The van der Waals surface area contributed by atoms with Crippen LogP contribution in [-0.4, -0.2) is 98.3 Å². The maximum atomic E-state index is 15.2. The summed E-state index contributed by atoms with van der Waals surface area (Å²) in [7, 11) is 1.65. The lowest BCUT2D eigenvalue weighted by Crippen LogP contribution is -2.51. The Morgan fingerprint density at radius 1 is 1.00 bits per heavy atom. The quantitative estimate of drug-likeness (QED) is 0.417. The lowest BCUT2D eigenvalue weighted by Gasteiger charge is -2.36. The van der Waals surface area contributed by atoms with Gasteiger partial charge in [-0.15, -0.1) is 0 Å². The van der Waals surface area contributed by atoms with Gasteiger partial charge in [-0.05, 0) is 29.8 Å². The van der Waals surface area contributed by atoms with Crippen molar-refractivity contribution in [3.05, 3.63) is 83.1 Å². The van der Waals surface area contributed by atoms with E-state index in [0.717, 1.165) is 80.6 Å². The van der Waals surface area contributed by atoms with Crippen molar-refractivity contribution in [1.29, 1.82) is 0 Å². The third-order valence-corrected chi connectivity index (χ3v) is 8.36. The summed E-state index contributed by atoms with van der Waals surface area (Å²) in [5, 5.41) is 3.29. The fourth-order valence-electron chi connectivity index (χ4n) is 5.86. The number of nitrogens with zero attached hydrogens (tertiary/aromatic N) is 4. The molecule has 4 heterocycles. The predicted molar refractivity (Wildman–Crippen MR) is 161 cm³/mol. The number of hydrogen-bond donors (Lipinski definition) is 2. The largest absolute Gasteiger partial charge is 0.496 e. The molecule has 2 fully saturated rings. The molecule has 9 nitrogen and oxygen atoms in total. The van der Waals surface area contributed by atoms with Gasteiger partial charge in [0.05, 0.1) is 43.8 Å². The highest BCUT2D eigenvalue weighted by atomic mass is 19.1. The molecule has 0 atom stereocenters. The van der Waals surface area contributed by atoms with E-state index in [1.807, 2.05) is 36.5 Å². The fourth-order valence-corrected chi connectivity index (χ4v) is 5.86. The number of morpholine rings is 1. The zero-order valence-electron chi connectivity index (χ0n) is 23.9. The molecule has 2 aromatic carbocycles. The van der Waals surface area contributed by atoms with E-state index in [-0.39, 0.29) is 17.2 Å². The van der Waals surface area contributed by atoms with Gasteiger partial charge in [0.15, 0.2) is 0 Å². The minimum Gasteiger partial charge on any atom is -0.496 e. The molecule has 0 bridgehead atoms. The molecule has 0 saturated carbocycles. The molecule has 3 aliphatic rings. The number of hydrogen-bond acceptors (Lipinski definition) is 8. The standard InChI is InChI=1S/C32H37FN6O3/c1-41-30-5-3-2-4-24(30)27-20-35-21-29-25(27)17-23(19-36-29)22-16-26(31(34)28(33)18-22)32(40)39-10-8-37(9-11-39)6-7-38-12-14-42-15-13-38/h2-5,16-20,35H,6-15,21,34H2,1H3. The number of pyridine rings is 1. The van der Waals surface area contributed by atoms with E-state index < -0.39 is 5.82 Å². The number of carbonyl (C=O) groups excluding carboxylic acids is 1. The molecular weight excluding hydrogens is 535 g/mol. The van der Waals surface area contributed by atoms with E-state index in [1.54, 1.807) is 24.3 Å². The van der Waals surface area contributed by atoms with Crippen molar-refractivity contribution in [2.75, 3.05) is 78.4 Å². The Morgan fingerprint density at radius 3 is 2.50 bits per heavy atom. The monoisotopic (exact) mass is 572 g/mol. The van der Waals surface area contributed by atoms with Crippen molar-refractivity contribution in [3.8, 4) is 16.9 Å². The number of piperazine rings is 1. The Kier molecular flexibility index (Phi) is 8.36. The van der Waals surface area contributed by atoms with E-state index in [0.29, 0.717) is 30.8 Å². The molecule has 3 aliphatic heterocycles. The van der Waals surface area contributed by atoms with Crippen LogP contribution < -0.4 is 15.8 Å². The number of nitrogen functional groups attached to an aromatic ring is 1. The summed E-state index contributed by atoms with van der Waals surface area (Å²) >= 11 is 0. The van der Waals surface area contributed by atoms with Crippen molar-refractivity contribution in [2.24, 2.45) is 0 Å². The second-order valence-electron chi connectivity index (χ2n) is 10.9. The number of halogens is 1. The number of anilines is 1. The molecule has 3 aromatic rings. The number of benzene rings is 2. The van der Waals surface area contributed by atoms with Crippen molar-refractivity contribution in [1.82, 2.24) is 25.0 Å². The van der Waals surface area contributed by atoms with Crippen LogP contribution in [0.5, 0.6) is 5.75 Å². The highest BCUT2D eigenvalue weighted by molar-refractivity contribution is 6.00. The molecule has 0 spiro atoms. The van der Waals surface area contributed by atoms with E-state index in [2.05, 4.69) is 15.1 Å². The average Bonchev–Trinajstić information content (AvgIpc) is 3.05. The molecule has 6 rings (SSSR count). The summed E-state index contributed by atoms with van der Waals surface area (Å²) in [5.41, 5.74) is 11.1. The van der Waals surface area contributed by atoms with E-state index in [9.17, 15) is 4.79 Å². The predicted octanol–water partition coefficient (Wildman–Crippen LogP) is 3.06. The van der Waals surface area contributed by atoms with Crippen LogP contribution in [0, 0.1) is 5.82 Å². The molecule has 2 saturated heterocycles. The topological polar surface area (TPSA) is 96.2 Å². The molecule has 0 aliphatic carbocycles. The summed E-state index contributed by atoms with van der Waals surface area (Å²) in [5.74, 6) is -0.109. The van der Waals surface area contributed by atoms with Crippen LogP contribution in [0.2, 0.25) is 0 Å². The highest BCUT2D eigenvalue weighted by Crippen LogP contribution is 2.36. The van der Waals surface area contributed by atoms with E-state index in [1.165, 1.54) is 6.07 Å². The van der Waals surface area contributed by atoms with Crippen molar-refractivity contribution in [2.45, 2.75) is 6.54 Å². The Morgan fingerprint density at radius 2 is 1.74 bits per heavy atom. The number of rotatable bonds is 7. The summed E-state index contributed by atoms with van der Waals surface area (Å²) < 4.78 is 26.2. The van der Waals surface area contributed by atoms with E-state index >= 15 is 4.39 Å². The molecular formula is C32H37FN6O3. The van der Waals surface area contributed by atoms with Gasteiger partial charge in [0.2, 0.25) is 0 Å². The van der Waals surface area contributed by atoms with Gasteiger partial charge in [-0.2, -0.15) is 0 Å². The van der Waals surface area contributed by atoms with Crippen LogP contribution in [0.15, 0.2) is 54.9 Å². The zero-order valence-corrected chi connectivity index (χ0v) is 23.9. The molecule has 42 heavy (non-hydrogen) atoms. The first-order valence-corrected chi connectivity index (χ1v) is 14.5. The lowest BCUT2D eigenvalue weighted by atomic mass is 9.92. The third kappa shape index (κ3) is 5.83. The molecule has 0 unspecified atom stereocenters. The number of nitrogens with one attached hydrogen (secondary N) is 1. The van der Waals surface area contributed by atoms with Gasteiger partial charge in [-0.25, -0.2) is 4.39 Å². The van der Waals surface area contributed by atoms with Crippen LogP contribution in [0.1, 0.15) is 27.2 Å². The van der Waals surface area contributed by atoms with Gasteiger partial charge in [-0.1, -0.05) is 18.2 Å².